The second kappa shape index (κ2) is 6.29. The van der Waals surface area contributed by atoms with E-state index in [4.69, 9.17) is 18.0 Å². The van der Waals surface area contributed by atoms with Gasteiger partial charge in [0.15, 0.2) is 0 Å². The van der Waals surface area contributed by atoms with Crippen molar-refractivity contribution >= 4 is 17.2 Å². The zero-order chi connectivity index (χ0) is 14.6. The fourth-order valence-corrected chi connectivity index (χ4v) is 1.88. The predicted molar refractivity (Wildman–Crippen MR) is 69.3 cm³/mol. The molecule has 0 aliphatic carbocycles. The summed E-state index contributed by atoms with van der Waals surface area (Å²) in [6, 6.07) is 3.72. The Kier molecular flexibility index (Phi) is 5.25. The van der Waals surface area contributed by atoms with Crippen LogP contribution in [-0.4, -0.2) is 29.2 Å². The summed E-state index contributed by atoms with van der Waals surface area (Å²) < 4.78 is 50.2. The highest BCUT2D eigenvalue weighted by Crippen LogP contribution is 2.19. The Morgan fingerprint density at radius 1 is 1.37 bits per heavy atom. The van der Waals surface area contributed by atoms with E-state index in [9.17, 15) is 17.6 Å². The van der Waals surface area contributed by atoms with E-state index in [2.05, 4.69) is 0 Å². The smallest absolute Gasteiger partial charge is 0.389 e. The van der Waals surface area contributed by atoms with Crippen LogP contribution in [-0.2, 0) is 6.54 Å². The molecule has 0 unspecified atom stereocenters. The minimum absolute atomic E-state index is 0.0168. The van der Waals surface area contributed by atoms with Gasteiger partial charge in [0.2, 0.25) is 0 Å². The van der Waals surface area contributed by atoms with Crippen LogP contribution in [0.15, 0.2) is 18.2 Å². The molecule has 0 spiro atoms. The molecule has 0 aromatic heterocycles. The summed E-state index contributed by atoms with van der Waals surface area (Å²) >= 11 is 4.78. The van der Waals surface area contributed by atoms with Gasteiger partial charge in [-0.15, -0.1) is 0 Å². The van der Waals surface area contributed by atoms with Gasteiger partial charge in [0.05, 0.1) is 6.54 Å². The van der Waals surface area contributed by atoms with Crippen LogP contribution in [0.2, 0.25) is 0 Å². The zero-order valence-corrected chi connectivity index (χ0v) is 11.1. The van der Waals surface area contributed by atoms with Gasteiger partial charge in [-0.2, -0.15) is 13.2 Å². The summed E-state index contributed by atoms with van der Waals surface area (Å²) in [6.07, 6.45) is -4.28. The number of hydrogen-bond acceptors (Lipinski definition) is 2. The quantitative estimate of drug-likeness (QED) is 0.669. The molecule has 0 fully saturated rings. The van der Waals surface area contributed by atoms with Gasteiger partial charge < -0.3 is 5.73 Å². The maximum atomic E-state index is 13.1. The highest BCUT2D eigenvalue weighted by molar-refractivity contribution is 7.80. The second-order valence-electron chi connectivity index (χ2n) is 4.08. The molecular formula is C12H14F4N2S. The molecule has 1 aromatic carbocycles. The van der Waals surface area contributed by atoms with Crippen LogP contribution in [0.3, 0.4) is 0 Å². The first-order valence-electron chi connectivity index (χ1n) is 5.60. The molecule has 0 amide bonds. The van der Waals surface area contributed by atoms with E-state index < -0.39 is 18.5 Å². The van der Waals surface area contributed by atoms with Crippen LogP contribution in [0.1, 0.15) is 18.1 Å². The summed E-state index contributed by atoms with van der Waals surface area (Å²) in [7, 11) is 0. The van der Waals surface area contributed by atoms with Gasteiger partial charge in [0.25, 0.3) is 0 Å². The van der Waals surface area contributed by atoms with Crippen molar-refractivity contribution < 1.29 is 17.6 Å². The third-order valence-corrected chi connectivity index (χ3v) is 2.80. The third kappa shape index (κ3) is 5.12. The molecule has 0 saturated heterocycles. The highest BCUT2D eigenvalue weighted by Gasteiger charge is 2.30. The molecule has 0 heterocycles. The van der Waals surface area contributed by atoms with E-state index in [0.717, 1.165) is 6.07 Å². The SMILES string of the molecule is CCN(Cc1ccc(F)cc1C(N)=S)CC(F)(F)F. The van der Waals surface area contributed by atoms with Gasteiger partial charge in [0.1, 0.15) is 10.8 Å². The average molecular weight is 294 g/mol. The average Bonchev–Trinajstić information content (AvgIpc) is 2.28. The monoisotopic (exact) mass is 294 g/mol. The predicted octanol–water partition coefficient (Wildman–Crippen LogP) is 2.84. The maximum Gasteiger partial charge on any atom is 0.401 e. The Balaban J connectivity index is 2.94. The fourth-order valence-electron chi connectivity index (χ4n) is 1.69. The summed E-state index contributed by atoms with van der Waals surface area (Å²) in [5.74, 6) is -0.523. The molecule has 106 valence electrons. The van der Waals surface area contributed by atoms with Crippen molar-refractivity contribution in [2.45, 2.75) is 19.6 Å². The largest absolute Gasteiger partial charge is 0.401 e. The Morgan fingerprint density at radius 3 is 2.47 bits per heavy atom. The van der Waals surface area contributed by atoms with E-state index in [1.807, 2.05) is 0 Å². The van der Waals surface area contributed by atoms with Crippen LogP contribution in [0.5, 0.6) is 0 Å². The van der Waals surface area contributed by atoms with Gasteiger partial charge in [0, 0.05) is 12.1 Å². The number of nitrogens with zero attached hydrogens (tertiary/aromatic N) is 1. The van der Waals surface area contributed by atoms with Crippen molar-refractivity contribution in [3.05, 3.63) is 35.1 Å². The van der Waals surface area contributed by atoms with Gasteiger partial charge in [-0.05, 0) is 24.2 Å². The Labute approximate surface area is 114 Å². The van der Waals surface area contributed by atoms with Gasteiger partial charge in [-0.25, -0.2) is 4.39 Å². The van der Waals surface area contributed by atoms with Crippen LogP contribution >= 0.6 is 12.2 Å². The summed E-state index contributed by atoms with van der Waals surface area (Å²) in [6.45, 7) is 0.823. The molecule has 0 aliphatic rings. The molecule has 1 aromatic rings. The van der Waals surface area contributed by atoms with Crippen molar-refractivity contribution in [2.75, 3.05) is 13.1 Å². The van der Waals surface area contributed by atoms with E-state index in [1.165, 1.54) is 17.0 Å². The van der Waals surface area contributed by atoms with Crippen molar-refractivity contribution in [2.24, 2.45) is 5.73 Å². The van der Waals surface area contributed by atoms with Crippen LogP contribution in [0, 0.1) is 5.82 Å². The number of alkyl halides is 3. The van der Waals surface area contributed by atoms with Crippen molar-refractivity contribution in [3.8, 4) is 0 Å². The van der Waals surface area contributed by atoms with Crippen molar-refractivity contribution in [1.29, 1.82) is 0 Å². The molecule has 1 rings (SSSR count). The lowest BCUT2D eigenvalue weighted by Crippen LogP contribution is -2.34. The topological polar surface area (TPSA) is 29.3 Å². The van der Waals surface area contributed by atoms with Gasteiger partial charge in [-0.3, -0.25) is 4.90 Å². The number of nitrogens with two attached hydrogens (primary N) is 1. The van der Waals surface area contributed by atoms with Crippen molar-refractivity contribution in [3.63, 3.8) is 0 Å². The van der Waals surface area contributed by atoms with Crippen molar-refractivity contribution in [1.82, 2.24) is 4.90 Å². The summed E-state index contributed by atoms with van der Waals surface area (Å²) in [5.41, 5.74) is 6.21. The Hall–Kier alpha value is -1.21. The minimum Gasteiger partial charge on any atom is -0.389 e. The Morgan fingerprint density at radius 2 is 2.00 bits per heavy atom. The Bertz CT molecular complexity index is 460. The molecule has 2 N–H and O–H groups in total. The van der Waals surface area contributed by atoms with E-state index in [0.29, 0.717) is 5.56 Å². The maximum absolute atomic E-state index is 13.1. The standard InChI is InChI=1S/C12H14F4N2S/c1-2-18(7-12(14,15)16)6-8-3-4-9(13)5-10(8)11(17)19/h3-5H,2,6-7H2,1H3,(H2,17,19). The number of thiocarbonyl (C=S) groups is 1. The fraction of sp³-hybridized carbons (Fsp3) is 0.417. The van der Waals surface area contributed by atoms with E-state index in [1.54, 1.807) is 6.92 Å². The lowest BCUT2D eigenvalue weighted by atomic mass is 10.1. The normalized spacial score (nSPS) is 11.9. The first-order chi connectivity index (χ1) is 8.73. The summed E-state index contributed by atoms with van der Waals surface area (Å²) in [4.78, 5) is 1.16. The third-order valence-electron chi connectivity index (χ3n) is 2.58. The lowest BCUT2D eigenvalue weighted by Gasteiger charge is -2.23. The first kappa shape index (κ1) is 15.8. The number of benzene rings is 1. The molecule has 0 bridgehead atoms. The molecule has 19 heavy (non-hydrogen) atoms. The zero-order valence-electron chi connectivity index (χ0n) is 10.3. The number of hydrogen-bond donors (Lipinski definition) is 1. The second-order valence-corrected chi connectivity index (χ2v) is 4.52. The first-order valence-corrected chi connectivity index (χ1v) is 6.01. The number of halogens is 4. The minimum atomic E-state index is -4.28. The summed E-state index contributed by atoms with van der Waals surface area (Å²) in [5, 5.41) is 0. The molecule has 0 saturated carbocycles. The van der Waals surface area contributed by atoms with Crippen LogP contribution < -0.4 is 5.73 Å². The molecule has 2 nitrogen and oxygen atoms in total. The number of rotatable bonds is 5. The molecule has 0 radical (unpaired) electrons. The van der Waals surface area contributed by atoms with Gasteiger partial charge >= 0.3 is 6.18 Å². The molecular weight excluding hydrogens is 280 g/mol. The van der Waals surface area contributed by atoms with Crippen LogP contribution in [0.4, 0.5) is 17.6 Å². The molecule has 7 heteroatoms. The van der Waals surface area contributed by atoms with Gasteiger partial charge in [-0.1, -0.05) is 25.2 Å². The van der Waals surface area contributed by atoms with E-state index >= 15 is 0 Å². The van der Waals surface area contributed by atoms with Crippen LogP contribution in [0.25, 0.3) is 0 Å². The molecule has 0 aliphatic heterocycles. The lowest BCUT2D eigenvalue weighted by molar-refractivity contribution is -0.146. The molecule has 0 atom stereocenters. The highest BCUT2D eigenvalue weighted by atomic mass is 32.1. The van der Waals surface area contributed by atoms with E-state index in [-0.39, 0.29) is 23.6 Å².